The minimum Gasteiger partial charge on any atom is -0.390 e. The van der Waals surface area contributed by atoms with Gasteiger partial charge < -0.3 is 9.84 Å². The second kappa shape index (κ2) is 5.13. The molecule has 1 N–H and O–H groups in total. The predicted molar refractivity (Wildman–Crippen MR) is 72.4 cm³/mol. The molecule has 4 unspecified atom stereocenters. The smallest absolute Gasteiger partial charge is 0.0936 e. The van der Waals surface area contributed by atoms with E-state index < -0.39 is 0 Å². The van der Waals surface area contributed by atoms with Gasteiger partial charge in [-0.3, -0.25) is 0 Å². The van der Waals surface area contributed by atoms with Crippen LogP contribution in [0.15, 0.2) is 0 Å². The summed E-state index contributed by atoms with van der Waals surface area (Å²) in [7, 11) is 1.80. The summed E-state index contributed by atoms with van der Waals surface area (Å²) in [4.78, 5) is 0. The molecule has 0 heterocycles. The second-order valence-electron chi connectivity index (χ2n) is 7.02. The van der Waals surface area contributed by atoms with Gasteiger partial charge in [-0.1, -0.05) is 25.7 Å². The van der Waals surface area contributed by atoms with E-state index in [1.807, 2.05) is 0 Å². The lowest BCUT2D eigenvalue weighted by molar-refractivity contribution is -0.130. The van der Waals surface area contributed by atoms with Crippen LogP contribution in [0.3, 0.4) is 0 Å². The SMILES string of the molecule is COC1(C(O)CC2CC3CCC2C3)CCCCC1. The minimum absolute atomic E-state index is 0.208. The number of ether oxygens (including phenoxy) is 1. The summed E-state index contributed by atoms with van der Waals surface area (Å²) in [6.07, 6.45) is 12.3. The first-order valence-corrected chi connectivity index (χ1v) is 7.97. The molecule has 4 atom stereocenters. The van der Waals surface area contributed by atoms with Gasteiger partial charge in [0, 0.05) is 7.11 Å². The molecule has 2 nitrogen and oxygen atoms in total. The van der Waals surface area contributed by atoms with Crippen LogP contribution in [0.5, 0.6) is 0 Å². The van der Waals surface area contributed by atoms with E-state index in [0.29, 0.717) is 0 Å². The molecule has 18 heavy (non-hydrogen) atoms. The van der Waals surface area contributed by atoms with E-state index in [1.54, 1.807) is 7.11 Å². The van der Waals surface area contributed by atoms with Crippen LogP contribution in [0.2, 0.25) is 0 Å². The highest BCUT2D eigenvalue weighted by atomic mass is 16.5. The van der Waals surface area contributed by atoms with Gasteiger partial charge in [0.05, 0.1) is 11.7 Å². The summed E-state index contributed by atoms with van der Waals surface area (Å²) in [5, 5.41) is 10.7. The van der Waals surface area contributed by atoms with Crippen molar-refractivity contribution in [3.05, 3.63) is 0 Å². The number of fused-ring (bicyclic) bond motifs is 2. The molecule has 0 saturated heterocycles. The summed E-state index contributed by atoms with van der Waals surface area (Å²) < 4.78 is 5.78. The Morgan fingerprint density at radius 2 is 1.94 bits per heavy atom. The Labute approximate surface area is 111 Å². The van der Waals surface area contributed by atoms with Gasteiger partial charge in [-0.05, 0) is 56.3 Å². The minimum atomic E-state index is -0.229. The third-order valence-corrected chi connectivity index (χ3v) is 6.12. The van der Waals surface area contributed by atoms with Crippen LogP contribution in [0.25, 0.3) is 0 Å². The van der Waals surface area contributed by atoms with Crippen molar-refractivity contribution in [2.24, 2.45) is 17.8 Å². The number of methoxy groups -OCH3 is 1. The van der Waals surface area contributed by atoms with Crippen molar-refractivity contribution in [2.75, 3.05) is 7.11 Å². The Hall–Kier alpha value is -0.0800. The molecule has 3 fully saturated rings. The average molecular weight is 252 g/mol. The summed E-state index contributed by atoms with van der Waals surface area (Å²) in [6, 6.07) is 0. The highest BCUT2D eigenvalue weighted by molar-refractivity contribution is 4.96. The van der Waals surface area contributed by atoms with Crippen molar-refractivity contribution >= 4 is 0 Å². The van der Waals surface area contributed by atoms with Gasteiger partial charge in [0.1, 0.15) is 0 Å². The Kier molecular flexibility index (Phi) is 3.68. The fourth-order valence-corrected chi connectivity index (χ4v) is 4.99. The van der Waals surface area contributed by atoms with E-state index in [1.165, 1.54) is 44.9 Å². The maximum absolute atomic E-state index is 10.7. The largest absolute Gasteiger partial charge is 0.390 e. The van der Waals surface area contributed by atoms with Crippen molar-refractivity contribution < 1.29 is 9.84 Å². The quantitative estimate of drug-likeness (QED) is 0.829. The van der Waals surface area contributed by atoms with Gasteiger partial charge in [0.2, 0.25) is 0 Å². The Morgan fingerprint density at radius 1 is 1.17 bits per heavy atom. The monoisotopic (exact) mass is 252 g/mol. The molecule has 2 heteroatoms. The van der Waals surface area contributed by atoms with Crippen molar-refractivity contribution in [1.29, 1.82) is 0 Å². The van der Waals surface area contributed by atoms with Gasteiger partial charge in [0.15, 0.2) is 0 Å². The summed E-state index contributed by atoms with van der Waals surface area (Å²) in [6.45, 7) is 0. The van der Waals surface area contributed by atoms with E-state index >= 15 is 0 Å². The third kappa shape index (κ3) is 2.22. The molecule has 0 amide bonds. The lowest BCUT2D eigenvalue weighted by Crippen LogP contribution is -2.46. The van der Waals surface area contributed by atoms with Crippen LogP contribution in [-0.2, 0) is 4.74 Å². The van der Waals surface area contributed by atoms with Gasteiger partial charge in [-0.25, -0.2) is 0 Å². The maximum atomic E-state index is 10.7. The van der Waals surface area contributed by atoms with Crippen LogP contribution >= 0.6 is 0 Å². The average Bonchev–Trinajstić information content (AvgIpc) is 3.01. The topological polar surface area (TPSA) is 29.5 Å². The Morgan fingerprint density at radius 3 is 2.50 bits per heavy atom. The fourth-order valence-electron chi connectivity index (χ4n) is 4.99. The molecular weight excluding hydrogens is 224 g/mol. The van der Waals surface area contributed by atoms with Crippen LogP contribution in [-0.4, -0.2) is 23.9 Å². The van der Waals surface area contributed by atoms with Gasteiger partial charge in [-0.2, -0.15) is 0 Å². The zero-order valence-electron chi connectivity index (χ0n) is 11.7. The molecule has 104 valence electrons. The Bertz CT molecular complexity index is 283. The normalized spacial score (nSPS) is 40.0. The van der Waals surface area contributed by atoms with Gasteiger partial charge in [0.25, 0.3) is 0 Å². The highest BCUT2D eigenvalue weighted by Crippen LogP contribution is 2.51. The number of hydrogen-bond donors (Lipinski definition) is 1. The molecule has 3 aliphatic carbocycles. The van der Waals surface area contributed by atoms with E-state index in [0.717, 1.165) is 37.0 Å². The molecule has 3 aliphatic rings. The van der Waals surface area contributed by atoms with Crippen LogP contribution in [0.4, 0.5) is 0 Å². The zero-order chi connectivity index (χ0) is 12.6. The molecule has 0 radical (unpaired) electrons. The zero-order valence-corrected chi connectivity index (χ0v) is 11.7. The van der Waals surface area contributed by atoms with Crippen LogP contribution < -0.4 is 0 Å². The molecular formula is C16H28O2. The number of aliphatic hydroxyl groups is 1. The standard InChI is InChI=1S/C16H28O2/c1-18-16(7-3-2-4-8-16)15(17)11-14-10-12-5-6-13(14)9-12/h12-15,17H,2-11H2,1H3. The van der Waals surface area contributed by atoms with Gasteiger partial charge >= 0.3 is 0 Å². The third-order valence-electron chi connectivity index (χ3n) is 6.12. The molecule has 0 aromatic carbocycles. The number of rotatable bonds is 4. The first-order valence-electron chi connectivity index (χ1n) is 7.97. The van der Waals surface area contributed by atoms with Crippen molar-refractivity contribution in [3.8, 4) is 0 Å². The lowest BCUT2D eigenvalue weighted by atomic mass is 9.75. The van der Waals surface area contributed by atoms with Crippen LogP contribution in [0, 0.1) is 17.8 Å². The Balaban J connectivity index is 1.61. The molecule has 3 rings (SSSR count). The predicted octanol–water partition coefficient (Wildman–Crippen LogP) is 3.52. The molecule has 0 spiro atoms. The van der Waals surface area contributed by atoms with Gasteiger partial charge in [-0.15, -0.1) is 0 Å². The van der Waals surface area contributed by atoms with E-state index in [2.05, 4.69) is 0 Å². The molecule has 3 saturated carbocycles. The number of hydrogen-bond acceptors (Lipinski definition) is 2. The lowest BCUT2D eigenvalue weighted by Gasteiger charge is -2.41. The highest BCUT2D eigenvalue weighted by Gasteiger charge is 2.45. The molecule has 2 bridgehead atoms. The first kappa shape index (κ1) is 12.9. The van der Waals surface area contributed by atoms with E-state index in [9.17, 15) is 5.11 Å². The maximum Gasteiger partial charge on any atom is 0.0936 e. The second-order valence-corrected chi connectivity index (χ2v) is 7.02. The first-order chi connectivity index (χ1) is 8.73. The fraction of sp³-hybridized carbons (Fsp3) is 1.00. The van der Waals surface area contributed by atoms with Crippen LogP contribution in [0.1, 0.15) is 64.2 Å². The van der Waals surface area contributed by atoms with E-state index in [4.69, 9.17) is 4.74 Å². The van der Waals surface area contributed by atoms with E-state index in [-0.39, 0.29) is 11.7 Å². The van der Waals surface area contributed by atoms with Crippen molar-refractivity contribution in [1.82, 2.24) is 0 Å². The number of aliphatic hydroxyl groups excluding tert-OH is 1. The van der Waals surface area contributed by atoms with Crippen molar-refractivity contribution in [2.45, 2.75) is 75.9 Å². The van der Waals surface area contributed by atoms with Crippen molar-refractivity contribution in [3.63, 3.8) is 0 Å². The molecule has 0 aromatic rings. The molecule has 0 aromatic heterocycles. The summed E-state index contributed by atoms with van der Waals surface area (Å²) in [5.74, 6) is 2.69. The summed E-state index contributed by atoms with van der Waals surface area (Å²) >= 11 is 0. The summed E-state index contributed by atoms with van der Waals surface area (Å²) in [5.41, 5.74) is -0.208. The molecule has 0 aliphatic heterocycles.